The van der Waals surface area contributed by atoms with Gasteiger partial charge in [-0.1, -0.05) is 50.2 Å². The van der Waals surface area contributed by atoms with Gasteiger partial charge in [0.15, 0.2) is 0 Å². The number of hydrogen-bond acceptors (Lipinski definition) is 4. The molecule has 1 N–H and O–H groups in total. The Morgan fingerprint density at radius 3 is 2.50 bits per heavy atom. The van der Waals surface area contributed by atoms with E-state index in [0.29, 0.717) is 30.3 Å². The number of carbonyl (C=O) groups is 1. The molecular weight excluding hydrogens is 426 g/mol. The second-order valence-electron chi connectivity index (χ2n) is 8.45. The number of methoxy groups -OCH3 is 1. The van der Waals surface area contributed by atoms with Gasteiger partial charge in [0.1, 0.15) is 18.1 Å². The topological polar surface area (TPSA) is 65.4 Å². The fourth-order valence-electron chi connectivity index (χ4n) is 3.59. The van der Waals surface area contributed by atoms with Gasteiger partial charge in [0.05, 0.1) is 25.5 Å². The Kier molecular flexibility index (Phi) is 7.28. The van der Waals surface area contributed by atoms with Gasteiger partial charge in [-0.15, -0.1) is 0 Å². The summed E-state index contributed by atoms with van der Waals surface area (Å²) in [6.45, 7) is 5.30. The molecule has 0 spiro atoms. The summed E-state index contributed by atoms with van der Waals surface area (Å²) in [6, 6.07) is 23.4. The Morgan fingerprint density at radius 1 is 0.971 bits per heavy atom. The number of anilines is 1. The smallest absolute Gasteiger partial charge is 0.255 e. The summed E-state index contributed by atoms with van der Waals surface area (Å²) in [7, 11) is 1.64. The van der Waals surface area contributed by atoms with Gasteiger partial charge in [-0.05, 0) is 59.0 Å². The van der Waals surface area contributed by atoms with E-state index in [-0.39, 0.29) is 5.91 Å². The molecule has 34 heavy (non-hydrogen) atoms. The minimum Gasteiger partial charge on any atom is -0.497 e. The number of aromatic nitrogens is 2. The number of benzene rings is 3. The van der Waals surface area contributed by atoms with E-state index in [2.05, 4.69) is 36.4 Å². The zero-order valence-corrected chi connectivity index (χ0v) is 19.7. The summed E-state index contributed by atoms with van der Waals surface area (Å²) < 4.78 is 12.9. The van der Waals surface area contributed by atoms with E-state index in [1.54, 1.807) is 24.1 Å². The van der Waals surface area contributed by atoms with Crippen LogP contribution in [0.2, 0.25) is 0 Å². The number of nitrogens with zero attached hydrogens (tertiary/aromatic N) is 2. The van der Waals surface area contributed by atoms with E-state index >= 15 is 0 Å². The first-order valence-electron chi connectivity index (χ1n) is 11.3. The number of hydrogen-bond donors (Lipinski definition) is 1. The first-order chi connectivity index (χ1) is 16.5. The average molecular weight is 456 g/mol. The lowest BCUT2D eigenvalue weighted by atomic mass is 10.0. The van der Waals surface area contributed by atoms with Crippen molar-refractivity contribution in [2.45, 2.75) is 32.9 Å². The molecule has 174 valence electrons. The quantitative estimate of drug-likeness (QED) is 0.342. The Morgan fingerprint density at radius 2 is 1.74 bits per heavy atom. The fraction of sp³-hybridized carbons (Fsp3) is 0.214. The number of ether oxygens (including phenoxy) is 2. The van der Waals surface area contributed by atoms with Crippen molar-refractivity contribution in [2.24, 2.45) is 0 Å². The SMILES string of the molecule is COc1cccc(Cn2cc(NC(=O)c3cccc(COc4ccc(C(C)C)cc4)c3)cn2)c1. The van der Waals surface area contributed by atoms with Gasteiger partial charge in [-0.25, -0.2) is 0 Å². The highest BCUT2D eigenvalue weighted by molar-refractivity contribution is 6.04. The minimum absolute atomic E-state index is 0.191. The van der Waals surface area contributed by atoms with E-state index in [1.807, 2.05) is 60.8 Å². The second-order valence-corrected chi connectivity index (χ2v) is 8.45. The third-order valence-electron chi connectivity index (χ3n) is 5.51. The molecular formula is C28H29N3O3. The largest absolute Gasteiger partial charge is 0.497 e. The molecule has 0 aliphatic carbocycles. The molecule has 0 radical (unpaired) electrons. The normalized spacial score (nSPS) is 10.8. The van der Waals surface area contributed by atoms with Crippen LogP contribution >= 0.6 is 0 Å². The van der Waals surface area contributed by atoms with E-state index < -0.39 is 0 Å². The highest BCUT2D eigenvalue weighted by Crippen LogP contribution is 2.20. The van der Waals surface area contributed by atoms with Crippen molar-refractivity contribution in [2.75, 3.05) is 12.4 Å². The van der Waals surface area contributed by atoms with Crippen LogP contribution in [0.25, 0.3) is 0 Å². The summed E-state index contributed by atoms with van der Waals surface area (Å²) in [5.41, 5.74) is 4.47. The number of carbonyl (C=O) groups excluding carboxylic acids is 1. The van der Waals surface area contributed by atoms with Gasteiger partial charge >= 0.3 is 0 Å². The molecule has 4 rings (SSSR count). The number of nitrogens with one attached hydrogen (secondary N) is 1. The van der Waals surface area contributed by atoms with Crippen LogP contribution in [0.4, 0.5) is 5.69 Å². The molecule has 0 aliphatic heterocycles. The zero-order valence-electron chi connectivity index (χ0n) is 19.7. The van der Waals surface area contributed by atoms with Crippen LogP contribution in [0.1, 0.15) is 46.8 Å². The first-order valence-corrected chi connectivity index (χ1v) is 11.3. The van der Waals surface area contributed by atoms with Gasteiger partial charge in [0.2, 0.25) is 0 Å². The Labute approximate surface area is 200 Å². The van der Waals surface area contributed by atoms with Crippen molar-refractivity contribution in [1.82, 2.24) is 9.78 Å². The van der Waals surface area contributed by atoms with Crippen LogP contribution in [0, 0.1) is 0 Å². The van der Waals surface area contributed by atoms with Gasteiger partial charge in [-0.3, -0.25) is 9.48 Å². The zero-order chi connectivity index (χ0) is 23.9. The van der Waals surface area contributed by atoms with E-state index in [4.69, 9.17) is 9.47 Å². The first kappa shape index (κ1) is 23.1. The van der Waals surface area contributed by atoms with Crippen LogP contribution in [0.15, 0.2) is 85.2 Å². The van der Waals surface area contributed by atoms with Crippen LogP contribution in [0.5, 0.6) is 11.5 Å². The van der Waals surface area contributed by atoms with Crippen molar-refractivity contribution < 1.29 is 14.3 Å². The maximum atomic E-state index is 12.8. The third kappa shape index (κ3) is 6.04. The Balaban J connectivity index is 1.35. The summed E-state index contributed by atoms with van der Waals surface area (Å²) in [4.78, 5) is 12.8. The molecule has 1 aromatic heterocycles. The van der Waals surface area contributed by atoms with Crippen molar-refractivity contribution in [1.29, 1.82) is 0 Å². The highest BCUT2D eigenvalue weighted by atomic mass is 16.5. The van der Waals surface area contributed by atoms with Crippen LogP contribution < -0.4 is 14.8 Å². The number of rotatable bonds is 9. The molecule has 3 aromatic carbocycles. The fourth-order valence-corrected chi connectivity index (χ4v) is 3.59. The standard InChI is InChI=1S/C28H29N3O3/c1-20(2)23-10-12-26(13-11-23)34-19-22-7-4-8-24(14-22)28(32)30-25-16-29-31(18-25)17-21-6-5-9-27(15-21)33-3/h4-16,18,20H,17,19H2,1-3H3,(H,30,32). The summed E-state index contributed by atoms with van der Waals surface area (Å²) >= 11 is 0. The Bertz CT molecular complexity index is 1250. The predicted octanol–water partition coefficient (Wildman–Crippen LogP) is 5.89. The molecule has 4 aromatic rings. The van der Waals surface area contributed by atoms with Crippen molar-refractivity contribution in [3.8, 4) is 11.5 Å². The molecule has 1 amide bonds. The second kappa shape index (κ2) is 10.7. The molecule has 6 nitrogen and oxygen atoms in total. The van der Waals surface area contributed by atoms with Crippen LogP contribution in [0.3, 0.4) is 0 Å². The molecule has 0 atom stereocenters. The van der Waals surface area contributed by atoms with Gasteiger partial charge < -0.3 is 14.8 Å². The van der Waals surface area contributed by atoms with Crippen molar-refractivity contribution >= 4 is 11.6 Å². The maximum absolute atomic E-state index is 12.8. The molecule has 0 aliphatic rings. The molecule has 0 saturated carbocycles. The van der Waals surface area contributed by atoms with Crippen LogP contribution in [-0.2, 0) is 13.2 Å². The highest BCUT2D eigenvalue weighted by Gasteiger charge is 2.09. The maximum Gasteiger partial charge on any atom is 0.255 e. The van der Waals surface area contributed by atoms with E-state index in [1.165, 1.54) is 5.56 Å². The average Bonchev–Trinajstić information content (AvgIpc) is 3.29. The molecule has 0 fully saturated rings. The van der Waals surface area contributed by atoms with Gasteiger partial charge in [0, 0.05) is 11.8 Å². The van der Waals surface area contributed by atoms with E-state index in [0.717, 1.165) is 22.6 Å². The molecule has 0 bridgehead atoms. The lowest BCUT2D eigenvalue weighted by Gasteiger charge is -2.10. The monoisotopic (exact) mass is 455 g/mol. The van der Waals surface area contributed by atoms with Crippen molar-refractivity contribution in [3.05, 3.63) is 107 Å². The lowest BCUT2D eigenvalue weighted by Crippen LogP contribution is -2.12. The summed E-state index contributed by atoms with van der Waals surface area (Å²) in [5, 5.41) is 7.27. The Hall–Kier alpha value is -4.06. The molecule has 1 heterocycles. The predicted molar refractivity (Wildman–Crippen MR) is 134 cm³/mol. The lowest BCUT2D eigenvalue weighted by molar-refractivity contribution is 0.102. The van der Waals surface area contributed by atoms with Gasteiger partial charge in [-0.2, -0.15) is 5.10 Å². The molecule has 0 unspecified atom stereocenters. The van der Waals surface area contributed by atoms with Crippen LogP contribution in [-0.4, -0.2) is 22.8 Å². The number of amides is 1. The van der Waals surface area contributed by atoms with Gasteiger partial charge in [0.25, 0.3) is 5.91 Å². The summed E-state index contributed by atoms with van der Waals surface area (Å²) in [6.07, 6.45) is 3.46. The van der Waals surface area contributed by atoms with E-state index in [9.17, 15) is 4.79 Å². The third-order valence-corrected chi connectivity index (χ3v) is 5.51. The minimum atomic E-state index is -0.191. The molecule has 6 heteroatoms. The summed E-state index contributed by atoms with van der Waals surface area (Å²) in [5.74, 6) is 1.90. The molecule has 0 saturated heterocycles. The van der Waals surface area contributed by atoms with Crippen molar-refractivity contribution in [3.63, 3.8) is 0 Å².